The molecule has 4 rings (SSSR count). The first-order valence-corrected chi connectivity index (χ1v) is 8.99. The van der Waals surface area contributed by atoms with Crippen LogP contribution in [0.2, 0.25) is 0 Å². The summed E-state index contributed by atoms with van der Waals surface area (Å²) in [7, 11) is 0. The summed E-state index contributed by atoms with van der Waals surface area (Å²) in [6.45, 7) is 0.366. The molecule has 11 heteroatoms. The molecule has 1 aliphatic rings. The fourth-order valence-electron chi connectivity index (χ4n) is 3.33. The topological polar surface area (TPSA) is 100 Å². The molecule has 0 aliphatic carbocycles. The number of carbonyl (C=O) groups excluding carboxylic acids is 1. The number of carbonyl (C=O) groups is 1. The van der Waals surface area contributed by atoms with E-state index < -0.39 is 28.9 Å². The van der Waals surface area contributed by atoms with Gasteiger partial charge in [-0.05, 0) is 30.7 Å². The van der Waals surface area contributed by atoms with Crippen LogP contribution in [0.25, 0.3) is 22.2 Å². The van der Waals surface area contributed by atoms with Crippen molar-refractivity contribution >= 4 is 22.6 Å². The zero-order valence-corrected chi connectivity index (χ0v) is 15.3. The smallest absolute Gasteiger partial charge is 0.416 e. The standard InChI is InChI=1S/C19H15F4N5O2/c20-12-6-9(19(21,22)23)7-13(29)15(12)16-11-2-1-5-24-17(11)18(28-27-16)25-8-10-3-4-14(30)26-10/h1-2,5-7,10,29H,3-4,8H2,(H,25,28)(H,26,30). The summed E-state index contributed by atoms with van der Waals surface area (Å²) in [5, 5.41) is 24.1. The second-order valence-electron chi connectivity index (χ2n) is 6.83. The predicted molar refractivity (Wildman–Crippen MR) is 99.0 cm³/mol. The lowest BCUT2D eigenvalue weighted by Crippen LogP contribution is -2.32. The third kappa shape index (κ3) is 3.70. The number of nitrogens with one attached hydrogen (secondary N) is 2. The van der Waals surface area contributed by atoms with Gasteiger partial charge in [-0.25, -0.2) is 4.39 Å². The minimum Gasteiger partial charge on any atom is -0.507 e. The summed E-state index contributed by atoms with van der Waals surface area (Å²) in [5.41, 5.74) is -1.65. The first-order chi connectivity index (χ1) is 14.2. The van der Waals surface area contributed by atoms with E-state index in [2.05, 4.69) is 25.8 Å². The Balaban J connectivity index is 1.74. The van der Waals surface area contributed by atoms with Gasteiger partial charge in [0.2, 0.25) is 5.91 Å². The van der Waals surface area contributed by atoms with E-state index in [0.29, 0.717) is 42.4 Å². The lowest BCUT2D eigenvalue weighted by Gasteiger charge is -2.15. The monoisotopic (exact) mass is 421 g/mol. The molecule has 3 N–H and O–H groups in total. The van der Waals surface area contributed by atoms with Gasteiger partial charge in [0.25, 0.3) is 0 Å². The number of anilines is 1. The Labute approximate surface area is 167 Å². The third-order valence-electron chi connectivity index (χ3n) is 4.77. The molecule has 3 aromatic rings. The summed E-state index contributed by atoms with van der Waals surface area (Å²) < 4.78 is 53.2. The number of hydrogen-bond donors (Lipinski definition) is 3. The predicted octanol–water partition coefficient (Wildman–Crippen LogP) is 3.25. The van der Waals surface area contributed by atoms with Gasteiger partial charge in [0.05, 0.1) is 11.1 Å². The summed E-state index contributed by atoms with van der Waals surface area (Å²) in [4.78, 5) is 15.5. The highest BCUT2D eigenvalue weighted by Crippen LogP contribution is 2.40. The minimum absolute atomic E-state index is 0.0422. The average Bonchev–Trinajstić information content (AvgIpc) is 3.11. The van der Waals surface area contributed by atoms with Gasteiger partial charge in [-0.15, -0.1) is 10.2 Å². The fraction of sp³-hybridized carbons (Fsp3) is 0.263. The molecule has 1 aliphatic heterocycles. The Morgan fingerprint density at radius 1 is 1.27 bits per heavy atom. The number of phenolic OH excluding ortho intramolecular Hbond substituents is 1. The van der Waals surface area contributed by atoms with Gasteiger partial charge in [0, 0.05) is 30.6 Å². The number of phenols is 1. The SMILES string of the molecule is O=C1CCC(CNc2nnc(-c3c(O)cc(C(F)(F)F)cc3F)c3cccnc23)N1. The van der Waals surface area contributed by atoms with Crippen molar-refractivity contribution in [1.82, 2.24) is 20.5 Å². The largest absolute Gasteiger partial charge is 0.507 e. The van der Waals surface area contributed by atoms with Gasteiger partial charge in [-0.3, -0.25) is 9.78 Å². The van der Waals surface area contributed by atoms with Gasteiger partial charge >= 0.3 is 6.18 Å². The number of aromatic nitrogens is 3. The molecule has 0 saturated carbocycles. The van der Waals surface area contributed by atoms with Crippen LogP contribution in [0.15, 0.2) is 30.5 Å². The molecule has 1 aromatic carbocycles. The Kier molecular flexibility index (Phi) is 4.88. The van der Waals surface area contributed by atoms with Crippen molar-refractivity contribution in [3.8, 4) is 17.0 Å². The second kappa shape index (κ2) is 7.39. The number of benzene rings is 1. The number of rotatable bonds is 4. The maximum absolute atomic E-state index is 14.5. The van der Waals surface area contributed by atoms with Crippen molar-refractivity contribution in [3.63, 3.8) is 0 Å². The molecule has 156 valence electrons. The van der Waals surface area contributed by atoms with Gasteiger partial charge in [0.15, 0.2) is 5.82 Å². The van der Waals surface area contributed by atoms with Crippen LogP contribution >= 0.6 is 0 Å². The van der Waals surface area contributed by atoms with Crippen LogP contribution in [-0.2, 0) is 11.0 Å². The molecule has 0 bridgehead atoms. The second-order valence-corrected chi connectivity index (χ2v) is 6.83. The molecule has 3 heterocycles. The number of amides is 1. The summed E-state index contributed by atoms with van der Waals surface area (Å²) in [5.74, 6) is -1.96. The highest BCUT2D eigenvalue weighted by molar-refractivity contribution is 5.98. The van der Waals surface area contributed by atoms with Crippen LogP contribution in [0, 0.1) is 5.82 Å². The van der Waals surface area contributed by atoms with Crippen molar-refractivity contribution in [2.45, 2.75) is 25.1 Å². The maximum atomic E-state index is 14.5. The van der Waals surface area contributed by atoms with Crippen molar-refractivity contribution in [1.29, 1.82) is 0 Å². The summed E-state index contributed by atoms with van der Waals surface area (Å²) >= 11 is 0. The molecule has 1 fully saturated rings. The number of fused-ring (bicyclic) bond motifs is 1. The molecule has 1 unspecified atom stereocenters. The number of hydrogen-bond acceptors (Lipinski definition) is 6. The molecule has 2 aromatic heterocycles. The van der Waals surface area contributed by atoms with Crippen LogP contribution in [0.5, 0.6) is 5.75 Å². The Hall–Kier alpha value is -3.50. The summed E-state index contributed by atoms with van der Waals surface area (Å²) in [6.07, 6.45) is -2.25. The van der Waals surface area contributed by atoms with E-state index in [4.69, 9.17) is 0 Å². The van der Waals surface area contributed by atoms with E-state index in [0.717, 1.165) is 0 Å². The molecule has 1 saturated heterocycles. The van der Waals surface area contributed by atoms with Crippen molar-refractivity contribution in [2.24, 2.45) is 0 Å². The molecule has 0 spiro atoms. The summed E-state index contributed by atoms with van der Waals surface area (Å²) in [6, 6.07) is 3.75. The van der Waals surface area contributed by atoms with Crippen molar-refractivity contribution in [3.05, 3.63) is 41.8 Å². The first-order valence-electron chi connectivity index (χ1n) is 8.99. The Morgan fingerprint density at radius 2 is 2.07 bits per heavy atom. The van der Waals surface area contributed by atoms with Gasteiger partial charge in [-0.2, -0.15) is 13.2 Å². The average molecular weight is 421 g/mol. The first kappa shape index (κ1) is 19.8. The highest BCUT2D eigenvalue weighted by atomic mass is 19.4. The number of halogens is 4. The normalized spacial score (nSPS) is 16.7. The van der Waals surface area contributed by atoms with Gasteiger partial charge in [0.1, 0.15) is 22.8 Å². The Bertz CT molecular complexity index is 1110. The van der Waals surface area contributed by atoms with E-state index in [1.807, 2.05) is 0 Å². The molecule has 7 nitrogen and oxygen atoms in total. The quantitative estimate of drug-likeness (QED) is 0.560. The van der Waals surface area contributed by atoms with Gasteiger partial charge in [-0.1, -0.05) is 0 Å². The van der Waals surface area contributed by atoms with E-state index >= 15 is 0 Å². The van der Waals surface area contributed by atoms with Crippen molar-refractivity contribution < 1.29 is 27.5 Å². The van der Waals surface area contributed by atoms with Crippen LogP contribution in [0.4, 0.5) is 23.4 Å². The molecule has 30 heavy (non-hydrogen) atoms. The van der Waals surface area contributed by atoms with Crippen LogP contribution in [0.3, 0.4) is 0 Å². The third-order valence-corrected chi connectivity index (χ3v) is 4.77. The lowest BCUT2D eigenvalue weighted by molar-refractivity contribution is -0.137. The van der Waals surface area contributed by atoms with Crippen LogP contribution in [0.1, 0.15) is 18.4 Å². The number of aromatic hydroxyl groups is 1. The zero-order valence-electron chi connectivity index (χ0n) is 15.3. The maximum Gasteiger partial charge on any atom is 0.416 e. The van der Waals surface area contributed by atoms with Crippen molar-refractivity contribution in [2.75, 3.05) is 11.9 Å². The molecular weight excluding hydrogens is 406 g/mol. The van der Waals surface area contributed by atoms with Gasteiger partial charge < -0.3 is 15.7 Å². The number of pyridine rings is 1. The molecule has 1 amide bonds. The lowest BCUT2D eigenvalue weighted by atomic mass is 10.0. The van der Waals surface area contributed by atoms with E-state index in [-0.39, 0.29) is 23.5 Å². The number of nitrogens with zero attached hydrogens (tertiary/aromatic N) is 3. The van der Waals surface area contributed by atoms with Crippen LogP contribution in [-0.4, -0.2) is 38.8 Å². The number of alkyl halides is 3. The van der Waals surface area contributed by atoms with E-state index in [1.165, 1.54) is 6.20 Å². The Morgan fingerprint density at radius 3 is 2.73 bits per heavy atom. The van der Waals surface area contributed by atoms with E-state index in [1.54, 1.807) is 12.1 Å². The van der Waals surface area contributed by atoms with Crippen LogP contribution < -0.4 is 10.6 Å². The highest BCUT2D eigenvalue weighted by Gasteiger charge is 2.33. The minimum atomic E-state index is -4.81. The van der Waals surface area contributed by atoms with E-state index in [9.17, 15) is 27.5 Å². The fourth-order valence-corrected chi connectivity index (χ4v) is 3.33. The molecular formula is C19H15F4N5O2. The molecule has 0 radical (unpaired) electrons. The molecule has 1 atom stereocenters. The zero-order chi connectivity index (χ0) is 21.5.